The largest absolute Gasteiger partial charge is 0.493 e. The summed E-state index contributed by atoms with van der Waals surface area (Å²) in [6.07, 6.45) is 7.61. The van der Waals surface area contributed by atoms with E-state index in [-0.39, 0.29) is 0 Å². The minimum Gasteiger partial charge on any atom is -0.493 e. The molecule has 1 aromatic carbocycles. The zero-order valence-electron chi connectivity index (χ0n) is 9.48. The van der Waals surface area contributed by atoms with Gasteiger partial charge in [0, 0.05) is 0 Å². The summed E-state index contributed by atoms with van der Waals surface area (Å²) < 4.78 is 10.6. The fourth-order valence-corrected chi connectivity index (χ4v) is 1.27. The molecule has 2 nitrogen and oxygen atoms in total. The lowest BCUT2D eigenvalue weighted by Gasteiger charge is -2.08. The molecule has 0 aliphatic heterocycles. The second-order valence-electron chi connectivity index (χ2n) is 3.16. The molecule has 1 aromatic rings. The van der Waals surface area contributed by atoms with Crippen molar-refractivity contribution in [3.05, 3.63) is 61.4 Å². The summed E-state index contributed by atoms with van der Waals surface area (Å²) in [5, 5.41) is 0. The van der Waals surface area contributed by atoms with E-state index in [4.69, 9.17) is 9.47 Å². The molecule has 0 atom stereocenters. The van der Waals surface area contributed by atoms with Gasteiger partial charge in [-0.15, -0.1) is 6.58 Å². The highest BCUT2D eigenvalue weighted by Crippen LogP contribution is 2.28. The summed E-state index contributed by atoms with van der Waals surface area (Å²) in [5.41, 5.74) is 1.15. The monoisotopic (exact) mass is 216 g/mol. The Morgan fingerprint density at radius 2 is 2.06 bits per heavy atom. The van der Waals surface area contributed by atoms with Crippen LogP contribution in [0.3, 0.4) is 0 Å². The van der Waals surface area contributed by atoms with E-state index in [9.17, 15) is 0 Å². The molecule has 0 radical (unpaired) electrons. The Morgan fingerprint density at radius 3 is 2.69 bits per heavy atom. The SMILES string of the molecule is C=CC=COc1ccc(CC=C)cc1OC. The van der Waals surface area contributed by atoms with Crippen molar-refractivity contribution in [2.45, 2.75) is 6.42 Å². The fraction of sp³-hybridized carbons (Fsp3) is 0.143. The summed E-state index contributed by atoms with van der Waals surface area (Å²) in [4.78, 5) is 0. The third-order valence-corrected chi connectivity index (χ3v) is 2.02. The van der Waals surface area contributed by atoms with Crippen LogP contribution in [0.2, 0.25) is 0 Å². The molecule has 0 N–H and O–H groups in total. The van der Waals surface area contributed by atoms with Gasteiger partial charge < -0.3 is 9.47 Å². The van der Waals surface area contributed by atoms with Crippen LogP contribution in [0.1, 0.15) is 5.56 Å². The summed E-state index contributed by atoms with van der Waals surface area (Å²) in [6.45, 7) is 7.26. The van der Waals surface area contributed by atoms with Crippen LogP contribution in [0.25, 0.3) is 0 Å². The quantitative estimate of drug-likeness (QED) is 0.411. The van der Waals surface area contributed by atoms with E-state index in [1.165, 1.54) is 0 Å². The predicted molar refractivity (Wildman–Crippen MR) is 66.9 cm³/mol. The number of methoxy groups -OCH3 is 1. The molecule has 1 rings (SSSR count). The van der Waals surface area contributed by atoms with Crippen LogP contribution in [0, 0.1) is 0 Å². The Kier molecular flexibility index (Phi) is 4.93. The van der Waals surface area contributed by atoms with E-state index in [1.807, 2.05) is 24.3 Å². The Hall–Kier alpha value is -1.96. The molecule has 16 heavy (non-hydrogen) atoms. The van der Waals surface area contributed by atoms with Crippen molar-refractivity contribution in [1.29, 1.82) is 0 Å². The van der Waals surface area contributed by atoms with Gasteiger partial charge in [0.1, 0.15) is 0 Å². The van der Waals surface area contributed by atoms with Crippen molar-refractivity contribution >= 4 is 0 Å². The number of allylic oxidation sites excluding steroid dienone is 3. The second-order valence-corrected chi connectivity index (χ2v) is 3.16. The van der Waals surface area contributed by atoms with Crippen molar-refractivity contribution in [1.82, 2.24) is 0 Å². The van der Waals surface area contributed by atoms with Gasteiger partial charge >= 0.3 is 0 Å². The number of ether oxygens (including phenoxy) is 2. The molecule has 84 valence electrons. The summed E-state index contributed by atoms with van der Waals surface area (Å²) in [5.74, 6) is 1.40. The molecule has 0 saturated heterocycles. The Balaban J connectivity index is 2.87. The van der Waals surface area contributed by atoms with Gasteiger partial charge in [0.05, 0.1) is 13.4 Å². The van der Waals surface area contributed by atoms with Crippen LogP contribution < -0.4 is 9.47 Å². The van der Waals surface area contributed by atoms with Crippen LogP contribution in [0.5, 0.6) is 11.5 Å². The molecule has 0 aromatic heterocycles. The predicted octanol–water partition coefficient (Wildman–Crippen LogP) is 3.50. The van der Waals surface area contributed by atoms with Gasteiger partial charge in [0.2, 0.25) is 0 Å². The smallest absolute Gasteiger partial charge is 0.168 e. The van der Waals surface area contributed by atoms with Gasteiger partial charge in [-0.1, -0.05) is 24.8 Å². The topological polar surface area (TPSA) is 18.5 Å². The van der Waals surface area contributed by atoms with E-state index in [2.05, 4.69) is 13.2 Å². The van der Waals surface area contributed by atoms with Gasteiger partial charge in [-0.05, 0) is 30.2 Å². The summed E-state index contributed by atoms with van der Waals surface area (Å²) >= 11 is 0. The van der Waals surface area contributed by atoms with Gasteiger partial charge in [0.15, 0.2) is 11.5 Å². The molecule has 0 unspecified atom stereocenters. The zero-order chi connectivity index (χ0) is 11.8. The molecule has 0 aliphatic carbocycles. The maximum Gasteiger partial charge on any atom is 0.168 e. The first-order valence-corrected chi connectivity index (χ1v) is 5.04. The zero-order valence-corrected chi connectivity index (χ0v) is 9.48. The van der Waals surface area contributed by atoms with Crippen molar-refractivity contribution in [2.24, 2.45) is 0 Å². The van der Waals surface area contributed by atoms with E-state index < -0.39 is 0 Å². The van der Waals surface area contributed by atoms with E-state index in [1.54, 1.807) is 25.5 Å². The number of rotatable bonds is 6. The fourth-order valence-electron chi connectivity index (χ4n) is 1.27. The first-order valence-electron chi connectivity index (χ1n) is 5.04. The number of benzene rings is 1. The third-order valence-electron chi connectivity index (χ3n) is 2.02. The minimum atomic E-state index is 0.688. The maximum absolute atomic E-state index is 5.40. The standard InChI is InChI=1S/C14H16O2/c1-4-6-10-16-13-9-8-12(7-5-2)11-14(13)15-3/h4-6,8-11H,1-2,7H2,3H3. The first kappa shape index (κ1) is 12.1. The molecule has 0 fully saturated rings. The molecule has 0 heterocycles. The lowest BCUT2D eigenvalue weighted by atomic mass is 10.1. The van der Waals surface area contributed by atoms with Gasteiger partial charge in [0.25, 0.3) is 0 Å². The van der Waals surface area contributed by atoms with Crippen LogP contribution >= 0.6 is 0 Å². The maximum atomic E-state index is 5.40. The number of hydrogen-bond donors (Lipinski definition) is 0. The van der Waals surface area contributed by atoms with Crippen molar-refractivity contribution < 1.29 is 9.47 Å². The summed E-state index contributed by atoms with van der Waals surface area (Å²) in [7, 11) is 1.62. The number of hydrogen-bond acceptors (Lipinski definition) is 2. The highest BCUT2D eigenvalue weighted by molar-refractivity contribution is 5.43. The summed E-state index contributed by atoms with van der Waals surface area (Å²) in [6, 6.07) is 5.81. The van der Waals surface area contributed by atoms with Crippen molar-refractivity contribution in [3.8, 4) is 11.5 Å². The van der Waals surface area contributed by atoms with Crippen LogP contribution in [0.4, 0.5) is 0 Å². The van der Waals surface area contributed by atoms with Crippen LogP contribution in [-0.2, 0) is 6.42 Å². The minimum absolute atomic E-state index is 0.688. The Labute approximate surface area is 96.5 Å². The molecule has 0 amide bonds. The van der Waals surface area contributed by atoms with Crippen molar-refractivity contribution in [2.75, 3.05) is 7.11 Å². The molecule has 0 saturated carbocycles. The average Bonchev–Trinajstić information content (AvgIpc) is 2.31. The van der Waals surface area contributed by atoms with Gasteiger partial charge in [-0.3, -0.25) is 0 Å². The third kappa shape index (κ3) is 3.31. The van der Waals surface area contributed by atoms with Crippen LogP contribution in [-0.4, -0.2) is 7.11 Å². The lowest BCUT2D eigenvalue weighted by Crippen LogP contribution is -1.91. The van der Waals surface area contributed by atoms with Crippen molar-refractivity contribution in [3.63, 3.8) is 0 Å². The Morgan fingerprint density at radius 1 is 1.25 bits per heavy atom. The van der Waals surface area contributed by atoms with E-state index in [0.717, 1.165) is 12.0 Å². The molecule has 0 aliphatic rings. The molecule has 2 heteroatoms. The average molecular weight is 216 g/mol. The highest BCUT2D eigenvalue weighted by atomic mass is 16.5. The first-order chi connectivity index (χ1) is 7.81. The van der Waals surface area contributed by atoms with E-state index >= 15 is 0 Å². The van der Waals surface area contributed by atoms with Gasteiger partial charge in [-0.2, -0.15) is 0 Å². The molecular weight excluding hydrogens is 200 g/mol. The van der Waals surface area contributed by atoms with E-state index in [0.29, 0.717) is 11.5 Å². The van der Waals surface area contributed by atoms with Gasteiger partial charge in [-0.25, -0.2) is 0 Å². The van der Waals surface area contributed by atoms with Crippen LogP contribution in [0.15, 0.2) is 55.8 Å². The molecular formula is C14H16O2. The molecule has 0 bridgehead atoms. The Bertz CT molecular complexity index is 392. The molecule has 0 spiro atoms. The normalized spacial score (nSPS) is 10.1. The highest BCUT2D eigenvalue weighted by Gasteiger charge is 2.03. The lowest BCUT2D eigenvalue weighted by molar-refractivity contribution is 0.378. The second kappa shape index (κ2) is 6.51.